The van der Waals surface area contributed by atoms with Crippen molar-refractivity contribution in [2.75, 3.05) is 0 Å². The number of rotatable bonds is 4. The Morgan fingerprint density at radius 1 is 1.00 bits per heavy atom. The third-order valence-corrected chi connectivity index (χ3v) is 7.51. The Morgan fingerprint density at radius 3 is 2.57 bits per heavy atom. The molecule has 1 N–H and O–H groups in total. The summed E-state index contributed by atoms with van der Waals surface area (Å²) in [7, 11) is 0. The minimum atomic E-state index is -0.403. The van der Waals surface area contributed by atoms with E-state index in [1.165, 1.54) is 33.1 Å². The molecule has 0 spiro atoms. The highest BCUT2D eigenvalue weighted by molar-refractivity contribution is 8.27. The third kappa shape index (κ3) is 3.68. The highest BCUT2D eigenvalue weighted by atomic mass is 32.2. The Bertz CT molecular complexity index is 1620. The molecular weight excluding hydrogens is 454 g/mol. The molecule has 0 saturated carbocycles. The summed E-state index contributed by atoms with van der Waals surface area (Å²) in [6, 6.07) is 22.9. The maximum absolute atomic E-state index is 12.9. The maximum atomic E-state index is 12.9. The van der Waals surface area contributed by atoms with Gasteiger partial charge >= 0.3 is 0 Å². The first-order chi connectivity index (χ1) is 17.0. The summed E-state index contributed by atoms with van der Waals surface area (Å²) in [4.78, 5) is 17.1. The van der Waals surface area contributed by atoms with Crippen LogP contribution in [-0.4, -0.2) is 31.5 Å². The predicted octanol–water partition coefficient (Wildman–Crippen LogP) is 6.12. The van der Waals surface area contributed by atoms with Crippen LogP contribution in [0.3, 0.4) is 0 Å². The van der Waals surface area contributed by atoms with Crippen LogP contribution in [0.15, 0.2) is 88.6 Å². The van der Waals surface area contributed by atoms with Crippen molar-refractivity contribution in [3.8, 4) is 0 Å². The molecule has 3 heterocycles. The van der Waals surface area contributed by atoms with E-state index in [2.05, 4.69) is 69.4 Å². The molecule has 0 bridgehead atoms. The van der Waals surface area contributed by atoms with Crippen molar-refractivity contribution < 1.29 is 4.79 Å². The second-order valence-electron chi connectivity index (χ2n) is 8.98. The molecular formula is C28H23N5OS. The van der Waals surface area contributed by atoms with Crippen molar-refractivity contribution in [2.24, 2.45) is 16.0 Å². The molecule has 1 amide bonds. The lowest BCUT2D eigenvalue weighted by molar-refractivity contribution is -0.114. The zero-order chi connectivity index (χ0) is 24.1. The fourth-order valence-electron chi connectivity index (χ4n) is 4.53. The number of hydrogen-bond donors (Lipinski definition) is 1. The van der Waals surface area contributed by atoms with Gasteiger partial charge in [-0.2, -0.15) is 15.1 Å². The number of hydrogen-bond acceptors (Lipinski definition) is 4. The molecule has 0 saturated heterocycles. The Morgan fingerprint density at radius 2 is 1.74 bits per heavy atom. The minimum absolute atomic E-state index is 0.0639. The summed E-state index contributed by atoms with van der Waals surface area (Å²) in [5.41, 5.74) is 3.43. The van der Waals surface area contributed by atoms with Gasteiger partial charge in [0.1, 0.15) is 5.04 Å². The van der Waals surface area contributed by atoms with Gasteiger partial charge in [-0.3, -0.25) is 10.2 Å². The zero-order valence-electron chi connectivity index (χ0n) is 19.4. The number of carbonyl (C=O) groups excluding carboxylic acids is 1. The van der Waals surface area contributed by atoms with Crippen molar-refractivity contribution >= 4 is 61.5 Å². The molecule has 6 nitrogen and oxygen atoms in total. The summed E-state index contributed by atoms with van der Waals surface area (Å²) in [6.45, 7) is 4.78. The topological polar surface area (TPSA) is 73.8 Å². The van der Waals surface area contributed by atoms with E-state index in [-0.39, 0.29) is 17.3 Å². The normalized spacial score (nSPS) is 17.0. The first-order valence-electron chi connectivity index (χ1n) is 11.5. The lowest BCUT2D eigenvalue weighted by atomic mass is 10.0. The van der Waals surface area contributed by atoms with Crippen LogP contribution in [0.25, 0.3) is 27.8 Å². The smallest absolute Gasteiger partial charge is 0.283 e. The minimum Gasteiger partial charge on any atom is -0.342 e. The van der Waals surface area contributed by atoms with Crippen LogP contribution in [0.4, 0.5) is 0 Å². The van der Waals surface area contributed by atoms with E-state index >= 15 is 0 Å². The number of para-hydroxylation sites is 1. The third-order valence-electron chi connectivity index (χ3n) is 6.30. The number of thioether (sulfide) groups is 1. The Balaban J connectivity index is 1.42. The van der Waals surface area contributed by atoms with Crippen LogP contribution < -0.4 is 0 Å². The van der Waals surface area contributed by atoms with Gasteiger partial charge in [-0.25, -0.2) is 0 Å². The summed E-state index contributed by atoms with van der Waals surface area (Å²) in [6.07, 6.45) is 3.83. The Kier molecular flexibility index (Phi) is 5.15. The van der Waals surface area contributed by atoms with Crippen LogP contribution in [0.1, 0.15) is 25.0 Å². The number of aromatic nitrogens is 1. The molecule has 2 aliphatic heterocycles. The molecule has 35 heavy (non-hydrogen) atoms. The van der Waals surface area contributed by atoms with Gasteiger partial charge in [0, 0.05) is 35.1 Å². The van der Waals surface area contributed by atoms with Crippen molar-refractivity contribution in [2.45, 2.75) is 20.4 Å². The number of fused-ring (bicyclic) bond motifs is 3. The van der Waals surface area contributed by atoms with Gasteiger partial charge in [-0.15, -0.1) is 0 Å². The van der Waals surface area contributed by atoms with E-state index in [0.29, 0.717) is 11.7 Å². The Labute approximate surface area is 207 Å². The SMILES string of the molecule is CC(C)C1=NN2C(=N)C(=Cc3cn(Cc4cccc5ccccc45)c4ccccc34)C(=O)N=C2S1. The molecule has 6 rings (SSSR count). The highest BCUT2D eigenvalue weighted by Gasteiger charge is 2.36. The summed E-state index contributed by atoms with van der Waals surface area (Å²) < 4.78 is 2.20. The van der Waals surface area contributed by atoms with E-state index in [4.69, 9.17) is 5.41 Å². The van der Waals surface area contributed by atoms with Gasteiger partial charge in [0.15, 0.2) is 5.84 Å². The summed E-state index contributed by atoms with van der Waals surface area (Å²) in [5.74, 6) is -0.135. The van der Waals surface area contributed by atoms with Crippen molar-refractivity contribution in [1.82, 2.24) is 9.58 Å². The summed E-state index contributed by atoms with van der Waals surface area (Å²) >= 11 is 1.36. The fraction of sp³-hybridized carbons (Fsp3) is 0.143. The van der Waals surface area contributed by atoms with Crippen LogP contribution >= 0.6 is 11.8 Å². The van der Waals surface area contributed by atoms with Gasteiger partial charge in [-0.1, -0.05) is 74.5 Å². The van der Waals surface area contributed by atoms with Crippen LogP contribution in [0, 0.1) is 11.3 Å². The average Bonchev–Trinajstić information content (AvgIpc) is 3.44. The highest BCUT2D eigenvalue weighted by Crippen LogP contribution is 2.32. The molecule has 0 fully saturated rings. The monoisotopic (exact) mass is 477 g/mol. The van der Waals surface area contributed by atoms with Crippen LogP contribution in [0.5, 0.6) is 0 Å². The van der Waals surface area contributed by atoms with E-state index in [0.717, 1.165) is 21.5 Å². The van der Waals surface area contributed by atoms with Gasteiger partial charge < -0.3 is 4.57 Å². The van der Waals surface area contributed by atoms with Crippen molar-refractivity contribution in [3.63, 3.8) is 0 Å². The van der Waals surface area contributed by atoms with Gasteiger partial charge in [0.25, 0.3) is 5.91 Å². The number of amides is 1. The number of nitrogens with zero attached hydrogens (tertiary/aromatic N) is 4. The molecule has 4 aromatic rings. The summed E-state index contributed by atoms with van der Waals surface area (Å²) in [5, 5.41) is 19.5. The lowest BCUT2D eigenvalue weighted by Gasteiger charge is -2.20. The van der Waals surface area contributed by atoms with Crippen LogP contribution in [-0.2, 0) is 11.3 Å². The molecule has 2 aliphatic rings. The van der Waals surface area contributed by atoms with E-state index in [1.807, 2.05) is 32.0 Å². The first-order valence-corrected chi connectivity index (χ1v) is 12.4. The molecule has 3 aromatic carbocycles. The van der Waals surface area contributed by atoms with Gasteiger partial charge in [0.05, 0.1) is 5.57 Å². The van der Waals surface area contributed by atoms with Gasteiger partial charge in [-0.05, 0) is 40.2 Å². The van der Waals surface area contributed by atoms with E-state index in [9.17, 15) is 4.79 Å². The standard InChI is InChI=1S/C28H23N5OS/c1-17(2)27-31-33-25(29)23(26(34)30-28(33)35-27)14-20-16-32(24-13-6-5-12-22(20)24)15-19-10-7-9-18-8-3-4-11-21(18)19/h3-14,16-17,29H,15H2,1-2H3. The second-order valence-corrected chi connectivity index (χ2v) is 9.97. The molecule has 1 aromatic heterocycles. The van der Waals surface area contributed by atoms with E-state index < -0.39 is 5.91 Å². The molecule has 0 radical (unpaired) electrons. The molecule has 0 atom stereocenters. The van der Waals surface area contributed by atoms with Crippen LogP contribution in [0.2, 0.25) is 0 Å². The number of amidine groups is 2. The van der Waals surface area contributed by atoms with Gasteiger partial charge in [0.2, 0.25) is 5.17 Å². The average molecular weight is 478 g/mol. The predicted molar refractivity (Wildman–Crippen MR) is 145 cm³/mol. The zero-order valence-corrected chi connectivity index (χ0v) is 20.2. The molecule has 7 heteroatoms. The maximum Gasteiger partial charge on any atom is 0.283 e. The van der Waals surface area contributed by atoms with E-state index in [1.54, 1.807) is 6.08 Å². The fourth-order valence-corrected chi connectivity index (χ4v) is 5.42. The van der Waals surface area contributed by atoms with Crippen molar-refractivity contribution in [3.05, 3.63) is 89.6 Å². The molecule has 0 aliphatic carbocycles. The number of nitrogens with one attached hydrogen (secondary N) is 1. The number of benzene rings is 3. The lowest BCUT2D eigenvalue weighted by Crippen LogP contribution is -2.35. The quantitative estimate of drug-likeness (QED) is 0.360. The second kappa shape index (κ2) is 8.36. The molecule has 172 valence electrons. The number of aliphatic imine (C=N–C) groups is 1. The molecule has 0 unspecified atom stereocenters. The van der Waals surface area contributed by atoms with Crippen molar-refractivity contribution in [1.29, 1.82) is 5.41 Å². The largest absolute Gasteiger partial charge is 0.342 e. The number of hydrazone groups is 1. The number of carbonyl (C=O) groups is 1. The first kappa shape index (κ1) is 21.6. The Hall–Kier alpha value is -3.97.